The van der Waals surface area contributed by atoms with Crippen LogP contribution >= 0.6 is 11.8 Å². The second kappa shape index (κ2) is 7.06. The van der Waals surface area contributed by atoms with E-state index in [2.05, 4.69) is 41.7 Å². The zero-order valence-electron chi connectivity index (χ0n) is 13.4. The van der Waals surface area contributed by atoms with Crippen molar-refractivity contribution in [3.8, 4) is 0 Å². The van der Waals surface area contributed by atoms with Crippen LogP contribution < -0.4 is 10.2 Å². The quantitative estimate of drug-likeness (QED) is 0.910. The normalized spacial score (nSPS) is 25.7. The Balaban J connectivity index is 1.62. The summed E-state index contributed by atoms with van der Waals surface area (Å²) in [5.41, 5.74) is 4.42. The molecule has 0 saturated heterocycles. The Morgan fingerprint density at radius 2 is 2.10 bits per heavy atom. The van der Waals surface area contributed by atoms with Crippen molar-refractivity contribution < 1.29 is 0 Å². The van der Waals surface area contributed by atoms with E-state index in [0.29, 0.717) is 6.04 Å². The molecule has 1 aromatic carbocycles. The molecule has 3 heteroatoms. The van der Waals surface area contributed by atoms with Gasteiger partial charge in [0, 0.05) is 37.1 Å². The first-order chi connectivity index (χ1) is 10.3. The number of aryl methyl sites for hydroxylation is 1. The molecule has 0 radical (unpaired) electrons. The molecule has 2 unspecified atom stereocenters. The number of nitrogens with zero attached hydrogens (tertiary/aromatic N) is 1. The van der Waals surface area contributed by atoms with E-state index < -0.39 is 0 Å². The van der Waals surface area contributed by atoms with Crippen LogP contribution in [0.15, 0.2) is 18.2 Å². The van der Waals surface area contributed by atoms with E-state index >= 15 is 0 Å². The van der Waals surface area contributed by atoms with Crippen LogP contribution in [0.3, 0.4) is 0 Å². The monoisotopic (exact) mass is 304 g/mol. The Labute approximate surface area is 133 Å². The summed E-state index contributed by atoms with van der Waals surface area (Å²) >= 11 is 2.04. The van der Waals surface area contributed by atoms with Crippen LogP contribution in [0.4, 0.5) is 5.69 Å². The summed E-state index contributed by atoms with van der Waals surface area (Å²) in [6.07, 6.45) is 10.3. The van der Waals surface area contributed by atoms with Crippen molar-refractivity contribution >= 4 is 17.4 Å². The zero-order chi connectivity index (χ0) is 14.7. The van der Waals surface area contributed by atoms with Crippen molar-refractivity contribution in [3.63, 3.8) is 0 Å². The molecule has 0 bridgehead atoms. The molecule has 1 heterocycles. The fraction of sp³-hybridized carbons (Fsp3) is 0.667. The van der Waals surface area contributed by atoms with Crippen molar-refractivity contribution in [2.75, 3.05) is 24.7 Å². The zero-order valence-corrected chi connectivity index (χ0v) is 14.2. The van der Waals surface area contributed by atoms with E-state index in [-0.39, 0.29) is 0 Å². The summed E-state index contributed by atoms with van der Waals surface area (Å²) in [7, 11) is 2.21. The highest BCUT2D eigenvalue weighted by Gasteiger charge is 2.23. The second-order valence-electron chi connectivity index (χ2n) is 6.53. The maximum atomic E-state index is 3.82. The van der Waals surface area contributed by atoms with E-state index in [4.69, 9.17) is 0 Å². The molecule has 1 fully saturated rings. The molecule has 21 heavy (non-hydrogen) atoms. The van der Waals surface area contributed by atoms with Gasteiger partial charge in [0.25, 0.3) is 0 Å². The predicted octanol–water partition coefficient (Wildman–Crippen LogP) is 3.83. The maximum absolute atomic E-state index is 3.82. The van der Waals surface area contributed by atoms with Gasteiger partial charge in [-0.25, -0.2) is 0 Å². The molecule has 0 aromatic heterocycles. The summed E-state index contributed by atoms with van der Waals surface area (Å²) < 4.78 is 0. The van der Waals surface area contributed by atoms with Gasteiger partial charge in [-0.3, -0.25) is 0 Å². The molecule has 1 aliphatic heterocycles. The lowest BCUT2D eigenvalue weighted by atomic mass is 9.94. The van der Waals surface area contributed by atoms with Crippen molar-refractivity contribution in [1.29, 1.82) is 0 Å². The van der Waals surface area contributed by atoms with Gasteiger partial charge in [-0.15, -0.1) is 0 Å². The molecule has 116 valence electrons. The van der Waals surface area contributed by atoms with Gasteiger partial charge in [-0.1, -0.05) is 25.0 Å². The first kappa shape index (κ1) is 15.2. The van der Waals surface area contributed by atoms with Gasteiger partial charge in [0.2, 0.25) is 0 Å². The molecular weight excluding hydrogens is 276 g/mol. The number of fused-ring (bicyclic) bond motifs is 1. The Kier molecular flexibility index (Phi) is 5.12. The molecule has 1 saturated carbocycles. The fourth-order valence-corrected chi connectivity index (χ4v) is 4.77. The third kappa shape index (κ3) is 3.57. The third-order valence-electron chi connectivity index (χ3n) is 5.07. The van der Waals surface area contributed by atoms with Crippen molar-refractivity contribution in [2.45, 2.75) is 56.4 Å². The molecule has 2 atom stereocenters. The largest absolute Gasteiger partial charge is 0.374 e. The smallest absolute Gasteiger partial charge is 0.0396 e. The van der Waals surface area contributed by atoms with E-state index in [1.807, 2.05) is 11.8 Å². The number of hydrogen-bond acceptors (Lipinski definition) is 3. The highest BCUT2D eigenvalue weighted by molar-refractivity contribution is 7.99. The fourth-order valence-electron chi connectivity index (χ4n) is 3.81. The van der Waals surface area contributed by atoms with Gasteiger partial charge in [0.15, 0.2) is 0 Å². The summed E-state index contributed by atoms with van der Waals surface area (Å²) in [6.45, 7) is 2.22. The minimum Gasteiger partial charge on any atom is -0.374 e. The molecule has 1 aliphatic carbocycles. The molecule has 0 amide bonds. The average molecular weight is 305 g/mol. The Bertz CT molecular complexity index is 474. The van der Waals surface area contributed by atoms with Crippen LogP contribution in [0.25, 0.3) is 0 Å². The average Bonchev–Trinajstić information content (AvgIpc) is 2.53. The highest BCUT2D eigenvalue weighted by Crippen LogP contribution is 2.29. The Hall–Kier alpha value is -0.670. The molecular formula is C18H28N2S. The lowest BCUT2D eigenvalue weighted by molar-refractivity contribution is 0.383. The summed E-state index contributed by atoms with van der Waals surface area (Å²) in [5.74, 6) is 0. The van der Waals surface area contributed by atoms with Crippen LogP contribution in [0.1, 0.15) is 43.2 Å². The summed E-state index contributed by atoms with van der Waals surface area (Å²) in [4.78, 5) is 2.39. The highest BCUT2D eigenvalue weighted by atomic mass is 32.2. The molecule has 1 N–H and O–H groups in total. The van der Waals surface area contributed by atoms with Crippen molar-refractivity contribution in [2.24, 2.45) is 0 Å². The second-order valence-corrected chi connectivity index (χ2v) is 7.61. The summed E-state index contributed by atoms with van der Waals surface area (Å²) in [5, 5.41) is 4.63. The number of anilines is 1. The molecule has 0 spiro atoms. The van der Waals surface area contributed by atoms with Crippen LogP contribution in [0.2, 0.25) is 0 Å². The first-order valence-corrected chi connectivity index (χ1v) is 9.66. The topological polar surface area (TPSA) is 15.3 Å². The molecule has 2 nitrogen and oxygen atoms in total. The standard InChI is InChI=1S/C18H28N2S/c1-20-11-5-6-15-12-14(9-10-17(15)20)13-19-16-7-3-4-8-18(16)21-2/h9-10,12,16,18-19H,3-8,11,13H2,1-2H3. The molecule has 1 aromatic rings. The van der Waals surface area contributed by atoms with Gasteiger partial charge >= 0.3 is 0 Å². The lowest BCUT2D eigenvalue weighted by Gasteiger charge is -2.31. The van der Waals surface area contributed by atoms with E-state index in [1.54, 1.807) is 0 Å². The number of thioether (sulfide) groups is 1. The van der Waals surface area contributed by atoms with Crippen LogP contribution in [0, 0.1) is 0 Å². The van der Waals surface area contributed by atoms with Crippen LogP contribution in [-0.4, -0.2) is 31.1 Å². The van der Waals surface area contributed by atoms with Gasteiger partial charge in [-0.2, -0.15) is 11.8 Å². The van der Waals surface area contributed by atoms with Crippen LogP contribution in [-0.2, 0) is 13.0 Å². The minimum absolute atomic E-state index is 0.701. The van der Waals surface area contributed by atoms with Gasteiger partial charge in [-0.05, 0) is 49.1 Å². The molecule has 2 aliphatic rings. The Morgan fingerprint density at radius 1 is 1.24 bits per heavy atom. The maximum Gasteiger partial charge on any atom is 0.0396 e. The van der Waals surface area contributed by atoms with Crippen LogP contribution in [0.5, 0.6) is 0 Å². The first-order valence-electron chi connectivity index (χ1n) is 8.37. The lowest BCUT2D eigenvalue weighted by Crippen LogP contribution is -2.40. The van der Waals surface area contributed by atoms with E-state index in [0.717, 1.165) is 11.8 Å². The Morgan fingerprint density at radius 3 is 2.95 bits per heavy atom. The number of benzene rings is 1. The number of hydrogen-bond donors (Lipinski definition) is 1. The number of nitrogens with one attached hydrogen (secondary N) is 1. The van der Waals surface area contributed by atoms with Gasteiger partial charge < -0.3 is 10.2 Å². The van der Waals surface area contributed by atoms with E-state index in [1.165, 1.54) is 61.9 Å². The van der Waals surface area contributed by atoms with Crippen molar-refractivity contribution in [1.82, 2.24) is 5.32 Å². The third-order valence-corrected chi connectivity index (χ3v) is 6.24. The molecule has 3 rings (SSSR count). The van der Waals surface area contributed by atoms with Gasteiger partial charge in [0.05, 0.1) is 0 Å². The minimum atomic E-state index is 0.701. The number of rotatable bonds is 4. The SMILES string of the molecule is CSC1CCCCC1NCc1ccc2c(c1)CCCN2C. The predicted molar refractivity (Wildman–Crippen MR) is 94.4 cm³/mol. The summed E-state index contributed by atoms with van der Waals surface area (Å²) in [6, 6.07) is 7.75. The van der Waals surface area contributed by atoms with E-state index in [9.17, 15) is 0 Å². The van der Waals surface area contributed by atoms with Gasteiger partial charge in [0.1, 0.15) is 0 Å². The van der Waals surface area contributed by atoms with Crippen molar-refractivity contribution in [3.05, 3.63) is 29.3 Å².